The lowest BCUT2D eigenvalue weighted by atomic mass is 10.0. The summed E-state index contributed by atoms with van der Waals surface area (Å²) in [6, 6.07) is 5.70. The van der Waals surface area contributed by atoms with E-state index >= 15 is 0 Å². The number of morpholine rings is 1. The fourth-order valence-electron chi connectivity index (χ4n) is 2.38. The second-order valence-electron chi connectivity index (χ2n) is 5.36. The number of rotatable bonds is 1. The molecule has 3 rings (SSSR count). The third-order valence-corrected chi connectivity index (χ3v) is 4.26. The first-order valence-corrected chi connectivity index (χ1v) is 7.19. The van der Waals surface area contributed by atoms with E-state index in [1.54, 1.807) is 16.8 Å². The molecule has 0 atom stereocenters. The van der Waals surface area contributed by atoms with Gasteiger partial charge in [0, 0.05) is 12.1 Å². The van der Waals surface area contributed by atoms with Crippen LogP contribution in [0, 0.1) is 0 Å². The van der Waals surface area contributed by atoms with Crippen LogP contribution in [0.5, 0.6) is 0 Å². The third-order valence-electron chi connectivity index (χ3n) is 3.47. The summed E-state index contributed by atoms with van der Waals surface area (Å²) in [5.41, 5.74) is 3.23. The van der Waals surface area contributed by atoms with Crippen LogP contribution in [0.15, 0.2) is 23.7 Å². The number of benzene rings is 1. The molecular formula is C14H16N2O2S. The summed E-state index contributed by atoms with van der Waals surface area (Å²) in [6.45, 7) is 5.91. The molecule has 2 heterocycles. The van der Waals surface area contributed by atoms with Crippen molar-refractivity contribution in [1.82, 2.24) is 9.88 Å². The first kappa shape index (κ1) is 12.6. The van der Waals surface area contributed by atoms with Gasteiger partial charge in [-0.1, -0.05) is 0 Å². The molecule has 0 aliphatic carbocycles. The number of thiazole rings is 1. The van der Waals surface area contributed by atoms with Crippen molar-refractivity contribution in [2.75, 3.05) is 19.8 Å². The number of hydrogen-bond acceptors (Lipinski definition) is 4. The predicted octanol–water partition coefficient (Wildman–Crippen LogP) is 2.55. The molecule has 0 radical (unpaired) electrons. The quantitative estimate of drug-likeness (QED) is 0.804. The average Bonchev–Trinajstić information content (AvgIpc) is 2.84. The van der Waals surface area contributed by atoms with E-state index in [9.17, 15) is 4.79 Å². The number of amides is 1. The first-order valence-electron chi connectivity index (χ1n) is 6.31. The summed E-state index contributed by atoms with van der Waals surface area (Å²) in [5, 5.41) is 0. The molecule has 4 nitrogen and oxygen atoms in total. The van der Waals surface area contributed by atoms with Crippen molar-refractivity contribution in [2.24, 2.45) is 0 Å². The zero-order valence-corrected chi connectivity index (χ0v) is 11.9. The fourth-order valence-corrected chi connectivity index (χ4v) is 3.10. The largest absolute Gasteiger partial charge is 0.377 e. The zero-order valence-electron chi connectivity index (χ0n) is 11.0. The van der Waals surface area contributed by atoms with Crippen LogP contribution in [0.1, 0.15) is 24.2 Å². The van der Waals surface area contributed by atoms with Crippen LogP contribution in [-0.4, -0.2) is 41.1 Å². The van der Waals surface area contributed by atoms with E-state index in [2.05, 4.69) is 4.98 Å². The molecule has 1 aromatic heterocycles. The van der Waals surface area contributed by atoms with Gasteiger partial charge in [-0.3, -0.25) is 4.79 Å². The van der Waals surface area contributed by atoms with Gasteiger partial charge in [0.25, 0.3) is 5.91 Å². The van der Waals surface area contributed by atoms with E-state index in [4.69, 9.17) is 4.74 Å². The lowest BCUT2D eigenvalue weighted by Crippen LogP contribution is -2.55. The highest BCUT2D eigenvalue weighted by Crippen LogP contribution is 2.24. The summed E-state index contributed by atoms with van der Waals surface area (Å²) >= 11 is 1.56. The minimum Gasteiger partial charge on any atom is -0.377 e. The molecule has 2 aromatic rings. The van der Waals surface area contributed by atoms with Gasteiger partial charge in [0.05, 0.1) is 34.5 Å². The molecule has 1 aliphatic heterocycles. The topological polar surface area (TPSA) is 42.4 Å². The lowest BCUT2D eigenvalue weighted by Gasteiger charge is -2.42. The van der Waals surface area contributed by atoms with Gasteiger partial charge in [0.15, 0.2) is 0 Å². The Bertz CT molecular complexity index is 621. The Hall–Kier alpha value is -1.46. The maximum absolute atomic E-state index is 12.6. The van der Waals surface area contributed by atoms with Gasteiger partial charge in [0.1, 0.15) is 0 Å². The SMILES string of the molecule is CC1(C)COCCN1C(=O)c1ccc2ncsc2c1. The Kier molecular flexibility index (Phi) is 3.03. The zero-order chi connectivity index (χ0) is 13.5. The second-order valence-corrected chi connectivity index (χ2v) is 6.24. The Labute approximate surface area is 116 Å². The lowest BCUT2D eigenvalue weighted by molar-refractivity contribution is -0.0370. The number of hydrogen-bond donors (Lipinski definition) is 0. The monoisotopic (exact) mass is 276 g/mol. The molecule has 1 fully saturated rings. The van der Waals surface area contributed by atoms with Gasteiger partial charge in [-0.2, -0.15) is 0 Å². The van der Waals surface area contributed by atoms with E-state index in [1.807, 2.05) is 36.9 Å². The van der Waals surface area contributed by atoms with Gasteiger partial charge in [-0.05, 0) is 32.0 Å². The number of carbonyl (C=O) groups excluding carboxylic acids is 1. The van der Waals surface area contributed by atoms with E-state index in [-0.39, 0.29) is 11.4 Å². The summed E-state index contributed by atoms with van der Waals surface area (Å²) in [7, 11) is 0. The minimum absolute atomic E-state index is 0.0728. The number of aromatic nitrogens is 1. The van der Waals surface area contributed by atoms with Crippen LogP contribution in [0.3, 0.4) is 0 Å². The van der Waals surface area contributed by atoms with E-state index in [0.29, 0.717) is 19.8 Å². The Morgan fingerprint density at radius 2 is 2.32 bits per heavy atom. The number of nitrogens with zero attached hydrogens (tertiary/aromatic N) is 2. The molecule has 1 aliphatic rings. The normalized spacial score (nSPS) is 18.7. The van der Waals surface area contributed by atoms with E-state index in [0.717, 1.165) is 15.8 Å². The van der Waals surface area contributed by atoms with Gasteiger partial charge in [0.2, 0.25) is 0 Å². The molecule has 0 bridgehead atoms. The van der Waals surface area contributed by atoms with E-state index < -0.39 is 0 Å². The van der Waals surface area contributed by atoms with Crippen LogP contribution in [0.2, 0.25) is 0 Å². The van der Waals surface area contributed by atoms with Crippen molar-refractivity contribution in [2.45, 2.75) is 19.4 Å². The first-order chi connectivity index (χ1) is 9.08. The molecule has 19 heavy (non-hydrogen) atoms. The Morgan fingerprint density at radius 3 is 3.11 bits per heavy atom. The fraction of sp³-hybridized carbons (Fsp3) is 0.429. The van der Waals surface area contributed by atoms with Crippen molar-refractivity contribution in [1.29, 1.82) is 0 Å². The standard InChI is InChI=1S/C14H16N2O2S/c1-14(2)8-18-6-5-16(14)13(17)10-3-4-11-12(7-10)19-9-15-11/h3-4,7,9H,5-6,8H2,1-2H3. The van der Waals surface area contributed by atoms with Gasteiger partial charge >= 0.3 is 0 Å². The van der Waals surface area contributed by atoms with Crippen molar-refractivity contribution in [3.8, 4) is 0 Å². The minimum atomic E-state index is -0.252. The third kappa shape index (κ3) is 2.24. The molecule has 1 saturated heterocycles. The summed E-state index contributed by atoms with van der Waals surface area (Å²) in [4.78, 5) is 18.8. The van der Waals surface area contributed by atoms with Crippen LogP contribution in [-0.2, 0) is 4.74 Å². The van der Waals surface area contributed by atoms with Gasteiger partial charge in [-0.25, -0.2) is 4.98 Å². The van der Waals surface area contributed by atoms with Crippen LogP contribution >= 0.6 is 11.3 Å². The molecule has 0 unspecified atom stereocenters. The van der Waals surface area contributed by atoms with Crippen molar-refractivity contribution in [3.63, 3.8) is 0 Å². The van der Waals surface area contributed by atoms with E-state index in [1.165, 1.54) is 0 Å². The summed E-state index contributed by atoms with van der Waals surface area (Å²) in [6.07, 6.45) is 0. The molecular weight excluding hydrogens is 260 g/mol. The van der Waals surface area contributed by atoms with Crippen molar-refractivity contribution < 1.29 is 9.53 Å². The van der Waals surface area contributed by atoms with Crippen LogP contribution in [0.4, 0.5) is 0 Å². The summed E-state index contributed by atoms with van der Waals surface area (Å²) in [5.74, 6) is 0.0728. The highest BCUT2D eigenvalue weighted by atomic mass is 32.1. The second kappa shape index (κ2) is 4.58. The number of ether oxygens (including phenoxy) is 1. The summed E-state index contributed by atoms with van der Waals surface area (Å²) < 4.78 is 6.51. The highest BCUT2D eigenvalue weighted by molar-refractivity contribution is 7.16. The Morgan fingerprint density at radius 1 is 1.47 bits per heavy atom. The molecule has 1 aromatic carbocycles. The highest BCUT2D eigenvalue weighted by Gasteiger charge is 2.34. The van der Waals surface area contributed by atoms with Crippen LogP contribution in [0.25, 0.3) is 10.2 Å². The van der Waals surface area contributed by atoms with Gasteiger partial charge < -0.3 is 9.64 Å². The van der Waals surface area contributed by atoms with Crippen molar-refractivity contribution in [3.05, 3.63) is 29.3 Å². The van der Waals surface area contributed by atoms with Crippen LogP contribution < -0.4 is 0 Å². The molecule has 1 amide bonds. The maximum atomic E-state index is 12.6. The molecule has 5 heteroatoms. The number of fused-ring (bicyclic) bond motifs is 1. The molecule has 100 valence electrons. The predicted molar refractivity (Wildman–Crippen MR) is 75.6 cm³/mol. The molecule has 0 N–H and O–H groups in total. The number of carbonyl (C=O) groups is 1. The maximum Gasteiger partial charge on any atom is 0.254 e. The smallest absolute Gasteiger partial charge is 0.254 e. The van der Waals surface area contributed by atoms with Gasteiger partial charge in [-0.15, -0.1) is 11.3 Å². The Balaban J connectivity index is 1.94. The average molecular weight is 276 g/mol. The van der Waals surface area contributed by atoms with Crippen molar-refractivity contribution >= 4 is 27.5 Å². The molecule has 0 spiro atoms. The molecule has 0 saturated carbocycles.